The molecule has 0 bridgehead atoms. The number of nitrogens with one attached hydrogen (secondary N) is 1. The van der Waals surface area contributed by atoms with E-state index < -0.39 is 0 Å². The lowest BCUT2D eigenvalue weighted by molar-refractivity contribution is 0.637. The summed E-state index contributed by atoms with van der Waals surface area (Å²) in [6.07, 6.45) is 0. The molecule has 0 aliphatic rings. The van der Waals surface area contributed by atoms with Crippen molar-refractivity contribution in [2.45, 2.75) is 13.0 Å². The Balaban J connectivity index is 2.44. The van der Waals surface area contributed by atoms with Crippen LogP contribution < -0.4 is 5.32 Å². The summed E-state index contributed by atoms with van der Waals surface area (Å²) in [4.78, 5) is 1.19. The Hall–Kier alpha value is -0.0600. The highest BCUT2D eigenvalue weighted by Crippen LogP contribution is 2.35. The average molecular weight is 365 g/mol. The quantitative estimate of drug-likeness (QED) is 0.753. The molecule has 1 nitrogen and oxygen atoms in total. The first-order chi connectivity index (χ1) is 8.61. The Kier molecular flexibility index (Phi) is 5.10. The molecule has 2 aromatic rings. The average Bonchev–Trinajstić information content (AvgIpc) is 2.76. The van der Waals surface area contributed by atoms with Crippen LogP contribution in [0.15, 0.2) is 34.8 Å². The monoisotopic (exact) mass is 363 g/mol. The van der Waals surface area contributed by atoms with Crippen LogP contribution in [0.25, 0.3) is 0 Å². The molecule has 1 aromatic carbocycles. The van der Waals surface area contributed by atoms with Crippen molar-refractivity contribution in [1.29, 1.82) is 0 Å². The third kappa shape index (κ3) is 3.28. The van der Waals surface area contributed by atoms with E-state index >= 15 is 0 Å². The van der Waals surface area contributed by atoms with Gasteiger partial charge in [-0.1, -0.05) is 46.1 Å². The largest absolute Gasteiger partial charge is 0.306 e. The molecule has 18 heavy (non-hydrogen) atoms. The van der Waals surface area contributed by atoms with Gasteiger partial charge in [0.25, 0.3) is 0 Å². The van der Waals surface area contributed by atoms with Crippen LogP contribution in [0.3, 0.4) is 0 Å². The van der Waals surface area contributed by atoms with Crippen molar-refractivity contribution in [2.75, 3.05) is 6.54 Å². The van der Waals surface area contributed by atoms with Crippen molar-refractivity contribution in [2.24, 2.45) is 0 Å². The maximum absolute atomic E-state index is 6.08. The fraction of sp³-hybridized carbons (Fsp3) is 0.231. The van der Waals surface area contributed by atoms with Crippen molar-refractivity contribution in [1.82, 2.24) is 5.32 Å². The Bertz CT molecular complexity index is 542. The molecular weight excluding hydrogens is 353 g/mol. The van der Waals surface area contributed by atoms with Gasteiger partial charge in [0.1, 0.15) is 0 Å². The zero-order valence-electron chi connectivity index (χ0n) is 9.71. The molecule has 2 rings (SSSR count). The fourth-order valence-electron chi connectivity index (χ4n) is 1.79. The number of halogens is 3. The highest BCUT2D eigenvalue weighted by Gasteiger charge is 2.18. The molecule has 1 heterocycles. The maximum atomic E-state index is 6.08. The van der Waals surface area contributed by atoms with Gasteiger partial charge in [0.15, 0.2) is 0 Å². The number of hydrogen-bond acceptors (Lipinski definition) is 2. The second-order valence-corrected chi connectivity index (χ2v) is 6.84. The molecule has 96 valence electrons. The van der Waals surface area contributed by atoms with Gasteiger partial charge in [-0.3, -0.25) is 0 Å². The van der Waals surface area contributed by atoms with Crippen LogP contribution in [-0.2, 0) is 0 Å². The lowest BCUT2D eigenvalue weighted by Gasteiger charge is -2.18. The van der Waals surface area contributed by atoms with E-state index in [0.717, 1.165) is 25.9 Å². The van der Waals surface area contributed by atoms with Gasteiger partial charge in [-0.2, -0.15) is 0 Å². The molecule has 0 saturated carbocycles. The summed E-state index contributed by atoms with van der Waals surface area (Å²) in [5, 5.41) is 4.19. The van der Waals surface area contributed by atoms with Crippen LogP contribution in [0.5, 0.6) is 0 Å². The van der Waals surface area contributed by atoms with Gasteiger partial charge < -0.3 is 5.32 Å². The highest BCUT2D eigenvalue weighted by atomic mass is 79.9. The molecule has 0 fully saturated rings. The van der Waals surface area contributed by atoms with E-state index in [9.17, 15) is 0 Å². The first kappa shape index (κ1) is 14.4. The van der Waals surface area contributed by atoms with E-state index in [-0.39, 0.29) is 6.04 Å². The van der Waals surface area contributed by atoms with Gasteiger partial charge in [0, 0.05) is 14.4 Å². The predicted octanol–water partition coefficient (Wildman–Crippen LogP) is 5.52. The lowest BCUT2D eigenvalue weighted by atomic mass is 10.1. The minimum absolute atomic E-state index is 0.112. The van der Waals surface area contributed by atoms with Gasteiger partial charge in [-0.05, 0) is 42.4 Å². The second kappa shape index (κ2) is 6.40. The smallest absolute Gasteiger partial charge is 0.0931 e. The van der Waals surface area contributed by atoms with Gasteiger partial charge in [0.05, 0.1) is 10.4 Å². The molecule has 0 aliphatic carbocycles. The van der Waals surface area contributed by atoms with E-state index in [1.165, 1.54) is 4.88 Å². The van der Waals surface area contributed by atoms with Crippen molar-refractivity contribution < 1.29 is 0 Å². The maximum Gasteiger partial charge on any atom is 0.0931 e. The SMILES string of the molecule is CCNC(c1ccc(Cl)s1)c1cc(Cl)ccc1Br. The molecule has 1 N–H and O–H groups in total. The van der Waals surface area contributed by atoms with E-state index in [4.69, 9.17) is 23.2 Å². The topological polar surface area (TPSA) is 12.0 Å². The first-order valence-electron chi connectivity index (χ1n) is 5.55. The minimum atomic E-state index is 0.112. The number of benzene rings is 1. The Morgan fingerprint density at radius 3 is 2.67 bits per heavy atom. The molecule has 1 unspecified atom stereocenters. The van der Waals surface area contributed by atoms with E-state index in [1.807, 2.05) is 30.3 Å². The van der Waals surface area contributed by atoms with Crippen LogP contribution in [0.4, 0.5) is 0 Å². The molecule has 1 atom stereocenters. The van der Waals surface area contributed by atoms with Gasteiger partial charge >= 0.3 is 0 Å². The zero-order valence-corrected chi connectivity index (χ0v) is 13.6. The van der Waals surface area contributed by atoms with Gasteiger partial charge in [0.2, 0.25) is 0 Å². The number of hydrogen-bond donors (Lipinski definition) is 1. The molecular formula is C13H12BrCl2NS. The van der Waals surface area contributed by atoms with E-state index in [1.54, 1.807) is 11.3 Å². The lowest BCUT2D eigenvalue weighted by Crippen LogP contribution is -2.21. The summed E-state index contributed by atoms with van der Waals surface area (Å²) in [5.74, 6) is 0. The summed E-state index contributed by atoms with van der Waals surface area (Å²) < 4.78 is 1.84. The van der Waals surface area contributed by atoms with Gasteiger partial charge in [-0.15, -0.1) is 11.3 Å². The second-order valence-electron chi connectivity index (χ2n) is 3.80. The molecule has 5 heteroatoms. The summed E-state index contributed by atoms with van der Waals surface area (Å²) in [5.41, 5.74) is 1.13. The van der Waals surface area contributed by atoms with E-state index in [0.29, 0.717) is 0 Å². The van der Waals surface area contributed by atoms with Crippen molar-refractivity contribution in [3.8, 4) is 0 Å². The normalized spacial score (nSPS) is 12.7. The predicted molar refractivity (Wildman–Crippen MR) is 84.0 cm³/mol. The number of rotatable bonds is 4. The molecule has 1 aromatic heterocycles. The standard InChI is InChI=1S/C13H12BrCl2NS/c1-2-17-13(11-5-6-12(16)18-11)9-7-8(15)3-4-10(9)14/h3-7,13,17H,2H2,1H3. The third-order valence-electron chi connectivity index (χ3n) is 2.56. The zero-order chi connectivity index (χ0) is 13.1. The van der Waals surface area contributed by atoms with Crippen molar-refractivity contribution in [3.63, 3.8) is 0 Å². The fourth-order valence-corrected chi connectivity index (χ4v) is 3.60. The Labute approximate surface area is 129 Å². The summed E-state index contributed by atoms with van der Waals surface area (Å²) in [7, 11) is 0. The summed E-state index contributed by atoms with van der Waals surface area (Å²) in [6, 6.07) is 9.90. The summed E-state index contributed by atoms with van der Waals surface area (Å²) >= 11 is 17.3. The third-order valence-corrected chi connectivity index (χ3v) is 4.81. The minimum Gasteiger partial charge on any atom is -0.306 e. The summed E-state index contributed by atoms with van der Waals surface area (Å²) in [6.45, 7) is 2.96. The molecule has 0 aliphatic heterocycles. The highest BCUT2D eigenvalue weighted by molar-refractivity contribution is 9.10. The van der Waals surface area contributed by atoms with Crippen LogP contribution >= 0.6 is 50.5 Å². The number of thiophene rings is 1. The Morgan fingerprint density at radius 1 is 1.28 bits per heavy atom. The molecule has 0 saturated heterocycles. The van der Waals surface area contributed by atoms with Crippen LogP contribution in [-0.4, -0.2) is 6.54 Å². The first-order valence-corrected chi connectivity index (χ1v) is 7.92. The van der Waals surface area contributed by atoms with Crippen LogP contribution in [0, 0.1) is 0 Å². The van der Waals surface area contributed by atoms with Crippen LogP contribution in [0.2, 0.25) is 9.36 Å². The molecule has 0 amide bonds. The van der Waals surface area contributed by atoms with E-state index in [2.05, 4.69) is 28.2 Å². The van der Waals surface area contributed by atoms with Crippen molar-refractivity contribution >= 4 is 50.5 Å². The Morgan fingerprint density at radius 2 is 2.06 bits per heavy atom. The van der Waals surface area contributed by atoms with Gasteiger partial charge in [-0.25, -0.2) is 0 Å². The van der Waals surface area contributed by atoms with Crippen LogP contribution in [0.1, 0.15) is 23.4 Å². The van der Waals surface area contributed by atoms with Crippen molar-refractivity contribution in [3.05, 3.63) is 54.6 Å². The molecule has 0 spiro atoms. The molecule has 0 radical (unpaired) electrons.